The Morgan fingerprint density at radius 1 is 1.47 bits per heavy atom. The number of hydrogen-bond acceptors (Lipinski definition) is 3. The van der Waals surface area contributed by atoms with Gasteiger partial charge in [0, 0.05) is 0 Å². The molecule has 0 saturated heterocycles. The molecule has 1 aliphatic carbocycles. The van der Waals surface area contributed by atoms with E-state index >= 15 is 0 Å². The average molecular weight is 275 g/mol. The molecular weight excluding hydrogens is 254 g/mol. The van der Waals surface area contributed by atoms with Gasteiger partial charge in [-0.3, -0.25) is 0 Å². The first-order valence-electron chi connectivity index (χ1n) is 7.00. The summed E-state index contributed by atoms with van der Waals surface area (Å²) in [4.78, 5) is 0. The highest BCUT2D eigenvalue weighted by molar-refractivity contribution is 7.99. The van der Waals surface area contributed by atoms with Crippen LogP contribution in [0.4, 0.5) is 0 Å². The molecule has 0 fully saturated rings. The first-order chi connectivity index (χ1) is 9.24. The summed E-state index contributed by atoms with van der Waals surface area (Å²) < 4.78 is 0. The first kappa shape index (κ1) is 14.4. The third-order valence-corrected chi connectivity index (χ3v) is 4.96. The molecular formula is C16H21NOS. The number of thioether (sulfide) groups is 1. The summed E-state index contributed by atoms with van der Waals surface area (Å²) in [5.41, 5.74) is 1.60. The van der Waals surface area contributed by atoms with Crippen molar-refractivity contribution in [2.45, 2.75) is 44.1 Å². The first-order valence-corrected chi connectivity index (χ1v) is 8.15. The zero-order valence-corrected chi connectivity index (χ0v) is 12.2. The van der Waals surface area contributed by atoms with Crippen LogP contribution in [0.1, 0.15) is 37.3 Å². The Bertz CT molecular complexity index is 468. The van der Waals surface area contributed by atoms with Gasteiger partial charge in [0.2, 0.25) is 0 Å². The molecule has 0 saturated carbocycles. The van der Waals surface area contributed by atoms with Gasteiger partial charge in [0.1, 0.15) is 5.41 Å². The number of hydrogen-bond donors (Lipinski definition) is 1. The Kier molecular flexibility index (Phi) is 4.90. The Labute approximate surface area is 119 Å². The minimum absolute atomic E-state index is 0.557. The SMILES string of the molecule is CCSCCC(O)C1(C#N)CCCc2ccccc21. The molecule has 1 N–H and O–H groups in total. The molecule has 2 unspecified atom stereocenters. The van der Waals surface area contributed by atoms with E-state index in [1.165, 1.54) is 5.56 Å². The minimum atomic E-state index is -0.691. The van der Waals surface area contributed by atoms with Crippen LogP contribution in [-0.4, -0.2) is 22.7 Å². The topological polar surface area (TPSA) is 44.0 Å². The number of nitrogens with zero attached hydrogens (tertiary/aromatic N) is 1. The maximum absolute atomic E-state index is 10.6. The van der Waals surface area contributed by atoms with E-state index in [0.717, 1.165) is 36.3 Å². The van der Waals surface area contributed by atoms with Gasteiger partial charge in [-0.25, -0.2) is 0 Å². The van der Waals surface area contributed by atoms with E-state index in [0.29, 0.717) is 6.42 Å². The lowest BCUT2D eigenvalue weighted by Gasteiger charge is -2.37. The molecule has 1 aromatic carbocycles. The monoisotopic (exact) mass is 275 g/mol. The fourth-order valence-electron chi connectivity index (χ4n) is 2.99. The second-order valence-corrected chi connectivity index (χ2v) is 6.49. The maximum Gasteiger partial charge on any atom is 0.108 e. The van der Waals surface area contributed by atoms with E-state index in [-0.39, 0.29) is 0 Å². The number of benzene rings is 1. The van der Waals surface area contributed by atoms with Gasteiger partial charge in [-0.15, -0.1) is 0 Å². The third-order valence-electron chi connectivity index (χ3n) is 4.02. The van der Waals surface area contributed by atoms with Crippen LogP contribution in [0, 0.1) is 11.3 Å². The quantitative estimate of drug-likeness (QED) is 0.839. The molecule has 0 radical (unpaired) electrons. The van der Waals surface area contributed by atoms with E-state index in [1.54, 1.807) is 0 Å². The Morgan fingerprint density at radius 3 is 3.00 bits per heavy atom. The predicted molar refractivity (Wildman–Crippen MR) is 80.3 cm³/mol. The van der Waals surface area contributed by atoms with Crippen molar-refractivity contribution in [1.29, 1.82) is 5.26 Å². The summed E-state index contributed by atoms with van der Waals surface area (Å²) in [6.45, 7) is 2.12. The van der Waals surface area contributed by atoms with Gasteiger partial charge in [0.05, 0.1) is 12.2 Å². The molecule has 0 bridgehead atoms. The number of nitriles is 1. The van der Waals surface area contributed by atoms with E-state index in [9.17, 15) is 10.4 Å². The lowest BCUT2D eigenvalue weighted by atomic mass is 9.67. The molecule has 3 heteroatoms. The van der Waals surface area contributed by atoms with Crippen molar-refractivity contribution in [1.82, 2.24) is 0 Å². The average Bonchev–Trinajstić information content (AvgIpc) is 2.46. The number of fused-ring (bicyclic) bond motifs is 1. The zero-order valence-electron chi connectivity index (χ0n) is 11.4. The van der Waals surface area contributed by atoms with Crippen molar-refractivity contribution in [3.05, 3.63) is 35.4 Å². The minimum Gasteiger partial charge on any atom is -0.391 e. The number of aliphatic hydroxyl groups excluding tert-OH is 1. The lowest BCUT2D eigenvalue weighted by Crippen LogP contribution is -2.41. The molecule has 0 aliphatic heterocycles. The van der Waals surface area contributed by atoms with E-state index < -0.39 is 11.5 Å². The van der Waals surface area contributed by atoms with Crippen LogP contribution >= 0.6 is 11.8 Å². The molecule has 0 amide bonds. The van der Waals surface area contributed by atoms with Crippen molar-refractivity contribution in [3.8, 4) is 6.07 Å². The van der Waals surface area contributed by atoms with Crippen LogP contribution < -0.4 is 0 Å². The van der Waals surface area contributed by atoms with Gasteiger partial charge in [-0.1, -0.05) is 31.2 Å². The van der Waals surface area contributed by atoms with Crippen LogP contribution in [-0.2, 0) is 11.8 Å². The van der Waals surface area contributed by atoms with Crippen LogP contribution in [0.2, 0.25) is 0 Å². The van der Waals surface area contributed by atoms with Crippen molar-refractivity contribution in [2.75, 3.05) is 11.5 Å². The van der Waals surface area contributed by atoms with Crippen molar-refractivity contribution in [3.63, 3.8) is 0 Å². The summed E-state index contributed by atoms with van der Waals surface area (Å²) >= 11 is 1.82. The highest BCUT2D eigenvalue weighted by Crippen LogP contribution is 2.40. The highest BCUT2D eigenvalue weighted by Gasteiger charge is 2.42. The molecule has 1 aromatic rings. The second-order valence-electron chi connectivity index (χ2n) is 5.10. The Hall–Kier alpha value is -0.980. The summed E-state index contributed by atoms with van der Waals surface area (Å²) in [5.74, 6) is 1.98. The van der Waals surface area contributed by atoms with E-state index in [1.807, 2.05) is 30.0 Å². The summed E-state index contributed by atoms with van der Waals surface area (Å²) in [5, 5.41) is 20.3. The normalized spacial score (nSPS) is 23.4. The lowest BCUT2D eigenvalue weighted by molar-refractivity contribution is 0.0966. The van der Waals surface area contributed by atoms with Gasteiger partial charge in [0.15, 0.2) is 0 Å². The van der Waals surface area contributed by atoms with Gasteiger partial charge in [-0.2, -0.15) is 17.0 Å². The summed E-state index contributed by atoms with van der Waals surface area (Å²) in [6.07, 6.45) is 2.93. The number of rotatable bonds is 5. The molecule has 2 atom stereocenters. The largest absolute Gasteiger partial charge is 0.391 e. The number of aryl methyl sites for hydroxylation is 1. The van der Waals surface area contributed by atoms with E-state index in [4.69, 9.17) is 0 Å². The van der Waals surface area contributed by atoms with Crippen molar-refractivity contribution in [2.24, 2.45) is 0 Å². The van der Waals surface area contributed by atoms with Gasteiger partial charge in [-0.05, 0) is 48.3 Å². The van der Waals surface area contributed by atoms with E-state index in [2.05, 4.69) is 19.1 Å². The molecule has 0 aromatic heterocycles. The van der Waals surface area contributed by atoms with Crippen LogP contribution in [0.15, 0.2) is 24.3 Å². The molecule has 0 spiro atoms. The molecule has 2 nitrogen and oxygen atoms in total. The third kappa shape index (κ3) is 2.80. The highest BCUT2D eigenvalue weighted by atomic mass is 32.2. The fourth-order valence-corrected chi connectivity index (χ4v) is 3.67. The van der Waals surface area contributed by atoms with Crippen molar-refractivity contribution >= 4 is 11.8 Å². The predicted octanol–water partition coefficient (Wildman–Crippen LogP) is 3.29. The number of aliphatic hydroxyl groups is 1. The standard InChI is InChI=1S/C16H21NOS/c1-2-19-11-9-15(18)16(12-17)10-5-7-13-6-3-4-8-14(13)16/h3-4,6,8,15,18H,2,5,7,9-11H2,1H3. The fraction of sp³-hybridized carbons (Fsp3) is 0.562. The summed E-state index contributed by atoms with van der Waals surface area (Å²) in [7, 11) is 0. The van der Waals surface area contributed by atoms with Gasteiger partial charge in [0.25, 0.3) is 0 Å². The van der Waals surface area contributed by atoms with Crippen molar-refractivity contribution < 1.29 is 5.11 Å². The molecule has 0 heterocycles. The van der Waals surface area contributed by atoms with Crippen LogP contribution in [0.5, 0.6) is 0 Å². The molecule has 102 valence electrons. The molecule has 19 heavy (non-hydrogen) atoms. The Balaban J connectivity index is 2.26. The van der Waals surface area contributed by atoms with Crippen LogP contribution in [0.3, 0.4) is 0 Å². The Morgan fingerprint density at radius 2 is 2.26 bits per heavy atom. The summed E-state index contributed by atoms with van der Waals surface area (Å²) in [6, 6.07) is 10.5. The molecule has 2 rings (SSSR count). The molecule has 1 aliphatic rings. The smallest absolute Gasteiger partial charge is 0.108 e. The van der Waals surface area contributed by atoms with Gasteiger partial charge >= 0.3 is 0 Å². The van der Waals surface area contributed by atoms with Gasteiger partial charge < -0.3 is 5.11 Å². The zero-order chi connectivity index (χ0) is 13.7. The maximum atomic E-state index is 10.6. The second kappa shape index (κ2) is 6.45. The van der Waals surface area contributed by atoms with Crippen LogP contribution in [0.25, 0.3) is 0 Å².